The minimum Gasteiger partial charge on any atom is -0.466 e. The summed E-state index contributed by atoms with van der Waals surface area (Å²) in [5, 5.41) is 13.5. The number of nitrogens with one attached hydrogen (secondary N) is 2. The normalized spacial score (nSPS) is 15.4. The van der Waals surface area contributed by atoms with Crippen molar-refractivity contribution in [3.05, 3.63) is 0 Å². The van der Waals surface area contributed by atoms with E-state index in [0.29, 0.717) is 9.53 Å². The van der Waals surface area contributed by atoms with Gasteiger partial charge in [0.05, 0.1) is 11.9 Å². The van der Waals surface area contributed by atoms with E-state index >= 15 is 0 Å². The Kier molecular flexibility index (Phi) is 7.10. The van der Waals surface area contributed by atoms with Gasteiger partial charge in [-0.15, -0.1) is 5.10 Å². The van der Waals surface area contributed by atoms with Crippen LogP contribution in [0.25, 0.3) is 0 Å². The number of ether oxygens (including phenoxy) is 1. The Hall–Kier alpha value is -1.35. The topological polar surface area (TPSA) is 93.2 Å². The van der Waals surface area contributed by atoms with Gasteiger partial charge in [-0.2, -0.15) is 0 Å². The van der Waals surface area contributed by atoms with Crippen molar-refractivity contribution in [1.82, 2.24) is 20.8 Å². The fraction of sp³-hybridized carbons (Fsp3) is 0.714. The zero-order chi connectivity index (χ0) is 16.7. The summed E-state index contributed by atoms with van der Waals surface area (Å²) in [7, 11) is 0. The Morgan fingerprint density at radius 2 is 2.04 bits per heavy atom. The predicted molar refractivity (Wildman–Crippen MR) is 89.9 cm³/mol. The monoisotopic (exact) mass is 358 g/mol. The van der Waals surface area contributed by atoms with Crippen molar-refractivity contribution in [3.8, 4) is 5.19 Å². The maximum absolute atomic E-state index is 11.8. The Morgan fingerprint density at radius 3 is 2.74 bits per heavy atom. The fourth-order valence-electron chi connectivity index (χ4n) is 2.26. The Morgan fingerprint density at radius 1 is 1.30 bits per heavy atom. The number of urea groups is 1. The summed E-state index contributed by atoms with van der Waals surface area (Å²) >= 11 is 2.53. The number of carbonyl (C=O) groups excluding carboxylic acids is 2. The van der Waals surface area contributed by atoms with Gasteiger partial charge in [-0.25, -0.2) is 4.79 Å². The summed E-state index contributed by atoms with van der Waals surface area (Å²) in [6.45, 7) is 3.82. The maximum atomic E-state index is 11.8. The first-order chi connectivity index (χ1) is 11.0. The Bertz CT molecular complexity index is 530. The molecule has 23 heavy (non-hydrogen) atoms. The molecule has 0 saturated heterocycles. The van der Waals surface area contributed by atoms with Crippen molar-refractivity contribution in [2.75, 3.05) is 5.75 Å². The van der Waals surface area contributed by atoms with Crippen molar-refractivity contribution in [1.29, 1.82) is 0 Å². The van der Waals surface area contributed by atoms with E-state index in [0.717, 1.165) is 25.7 Å². The molecule has 0 bridgehead atoms. The number of aromatic nitrogens is 2. The number of imide groups is 1. The largest absolute Gasteiger partial charge is 0.466 e. The minimum atomic E-state index is -0.413. The number of hydrogen-bond donors (Lipinski definition) is 2. The average Bonchev–Trinajstić information content (AvgIpc) is 2.92. The lowest BCUT2D eigenvalue weighted by atomic mass is 9.96. The highest BCUT2D eigenvalue weighted by molar-refractivity contribution is 8.01. The van der Waals surface area contributed by atoms with Gasteiger partial charge in [0.1, 0.15) is 0 Å². The summed E-state index contributed by atoms with van der Waals surface area (Å²) in [5.41, 5.74) is 0. The molecule has 1 saturated carbocycles. The molecule has 0 radical (unpaired) electrons. The molecule has 128 valence electrons. The van der Waals surface area contributed by atoms with Crippen LogP contribution < -0.4 is 15.4 Å². The molecule has 1 aliphatic rings. The van der Waals surface area contributed by atoms with E-state index < -0.39 is 6.03 Å². The first-order valence-corrected chi connectivity index (χ1v) is 9.56. The van der Waals surface area contributed by atoms with Crippen LogP contribution >= 0.6 is 23.1 Å². The van der Waals surface area contributed by atoms with Gasteiger partial charge >= 0.3 is 6.03 Å². The number of nitrogens with zero attached hydrogens (tertiary/aromatic N) is 2. The second kappa shape index (κ2) is 9.07. The third kappa shape index (κ3) is 6.74. The number of thioether (sulfide) groups is 1. The van der Waals surface area contributed by atoms with E-state index in [9.17, 15) is 9.59 Å². The van der Waals surface area contributed by atoms with Crippen LogP contribution in [0.15, 0.2) is 4.34 Å². The molecule has 0 unspecified atom stereocenters. The second-order valence-electron chi connectivity index (χ2n) is 5.65. The average molecular weight is 358 g/mol. The van der Waals surface area contributed by atoms with Gasteiger partial charge in [-0.05, 0) is 38.0 Å². The molecule has 9 heteroatoms. The third-order valence-electron chi connectivity index (χ3n) is 3.24. The van der Waals surface area contributed by atoms with Crippen LogP contribution in [0.2, 0.25) is 0 Å². The van der Waals surface area contributed by atoms with Crippen molar-refractivity contribution >= 4 is 35.0 Å². The molecule has 3 amide bonds. The van der Waals surface area contributed by atoms with Crippen LogP contribution in [0.5, 0.6) is 5.19 Å². The number of rotatable bonds is 6. The van der Waals surface area contributed by atoms with E-state index in [-0.39, 0.29) is 23.8 Å². The summed E-state index contributed by atoms with van der Waals surface area (Å²) < 4.78 is 6.06. The van der Waals surface area contributed by atoms with Crippen molar-refractivity contribution < 1.29 is 14.3 Å². The fourth-order valence-corrected chi connectivity index (χ4v) is 3.87. The first-order valence-electron chi connectivity index (χ1n) is 7.76. The van der Waals surface area contributed by atoms with E-state index in [1.807, 2.05) is 13.8 Å². The summed E-state index contributed by atoms with van der Waals surface area (Å²) in [5.74, 6) is -0.223. The lowest BCUT2D eigenvalue weighted by Crippen LogP contribution is -2.45. The second-order valence-corrected chi connectivity index (χ2v) is 7.81. The minimum absolute atomic E-state index is 0.0348. The van der Waals surface area contributed by atoms with Crippen LogP contribution in [0.1, 0.15) is 46.0 Å². The van der Waals surface area contributed by atoms with Crippen molar-refractivity contribution in [2.24, 2.45) is 0 Å². The zero-order valence-corrected chi connectivity index (χ0v) is 15.0. The summed E-state index contributed by atoms with van der Waals surface area (Å²) in [4.78, 5) is 23.5. The highest BCUT2D eigenvalue weighted by atomic mass is 32.2. The van der Waals surface area contributed by atoms with E-state index in [4.69, 9.17) is 4.74 Å². The van der Waals surface area contributed by atoms with Crippen LogP contribution in [0.3, 0.4) is 0 Å². The van der Waals surface area contributed by atoms with Crippen LogP contribution in [0, 0.1) is 0 Å². The van der Waals surface area contributed by atoms with Gasteiger partial charge in [-0.3, -0.25) is 10.1 Å². The number of carbonyl (C=O) groups is 2. The highest BCUT2D eigenvalue weighted by Crippen LogP contribution is 2.27. The van der Waals surface area contributed by atoms with Crippen LogP contribution in [-0.4, -0.2) is 40.0 Å². The lowest BCUT2D eigenvalue weighted by molar-refractivity contribution is -0.117. The molecule has 2 rings (SSSR count). The molecule has 0 aliphatic heterocycles. The molecule has 7 nitrogen and oxygen atoms in total. The molecular weight excluding hydrogens is 336 g/mol. The SMILES string of the molecule is CC(C)Oc1nnc(SCC(=O)NC(=O)NC2CCCCC2)s1. The molecule has 1 heterocycles. The van der Waals surface area contributed by atoms with Crippen LogP contribution in [0.4, 0.5) is 4.79 Å². The zero-order valence-electron chi connectivity index (χ0n) is 13.3. The smallest absolute Gasteiger partial charge is 0.321 e. The molecule has 1 fully saturated rings. The van der Waals surface area contributed by atoms with Gasteiger partial charge in [0, 0.05) is 6.04 Å². The van der Waals surface area contributed by atoms with Gasteiger partial charge in [0.15, 0.2) is 4.34 Å². The number of hydrogen-bond acceptors (Lipinski definition) is 7. The van der Waals surface area contributed by atoms with E-state index in [1.165, 1.54) is 29.5 Å². The molecular formula is C14H22N4O3S2. The molecule has 1 aromatic heterocycles. The quantitative estimate of drug-likeness (QED) is 0.759. The molecule has 2 N–H and O–H groups in total. The molecule has 0 aromatic carbocycles. The standard InChI is InChI=1S/C14H22N4O3S2/c1-9(2)21-13-17-18-14(23-13)22-8-11(19)16-12(20)15-10-6-4-3-5-7-10/h9-10H,3-8H2,1-2H3,(H2,15,16,19,20). The van der Waals surface area contributed by atoms with E-state index in [1.54, 1.807) is 0 Å². The van der Waals surface area contributed by atoms with Gasteiger partial charge < -0.3 is 10.1 Å². The molecule has 1 aromatic rings. The van der Waals surface area contributed by atoms with E-state index in [2.05, 4.69) is 20.8 Å². The predicted octanol–water partition coefficient (Wildman–Crippen LogP) is 2.58. The number of amides is 3. The third-order valence-corrected chi connectivity index (χ3v) is 5.19. The van der Waals surface area contributed by atoms with Gasteiger partial charge in [-0.1, -0.05) is 36.1 Å². The lowest BCUT2D eigenvalue weighted by Gasteiger charge is -2.22. The molecule has 0 spiro atoms. The molecule has 1 aliphatic carbocycles. The van der Waals surface area contributed by atoms with Crippen LogP contribution in [-0.2, 0) is 4.79 Å². The van der Waals surface area contributed by atoms with Crippen molar-refractivity contribution in [3.63, 3.8) is 0 Å². The highest BCUT2D eigenvalue weighted by Gasteiger charge is 2.17. The Balaban J connectivity index is 1.67. The summed E-state index contributed by atoms with van der Waals surface area (Å²) in [6, 6.07) is -0.230. The van der Waals surface area contributed by atoms with Crippen molar-refractivity contribution in [2.45, 2.75) is 62.4 Å². The Labute approximate surface area is 144 Å². The maximum Gasteiger partial charge on any atom is 0.321 e. The summed E-state index contributed by atoms with van der Waals surface area (Å²) in [6.07, 6.45) is 5.49. The first kappa shape index (κ1) is 18.0. The molecule has 0 atom stereocenters. The van der Waals surface area contributed by atoms with Gasteiger partial charge in [0.25, 0.3) is 5.19 Å². The van der Waals surface area contributed by atoms with Gasteiger partial charge in [0.2, 0.25) is 5.91 Å².